The lowest BCUT2D eigenvalue weighted by Gasteiger charge is -2.27. The first kappa shape index (κ1) is 20.5. The standard InChI is InChI=1S/C22H24N2O5/c1-3-13-22(28,21(27)29-4-2)20(26)24-18-16-11-6-5-9-14(16)15-10-7-8-12-17(15)23-19(18)25/h5-12,18,28H,3-4,13H2,1-2H3,(H,23,25)(H,24,26)/t18-,22-/m0/s1. The molecule has 29 heavy (non-hydrogen) atoms. The lowest BCUT2D eigenvalue weighted by Crippen LogP contribution is -2.55. The van der Waals surface area contributed by atoms with Gasteiger partial charge in [0.15, 0.2) is 0 Å². The summed E-state index contributed by atoms with van der Waals surface area (Å²) in [5.74, 6) is -2.44. The van der Waals surface area contributed by atoms with Crippen LogP contribution in [0.15, 0.2) is 48.5 Å². The Morgan fingerprint density at radius 3 is 2.45 bits per heavy atom. The number of carbonyl (C=O) groups is 3. The Hall–Kier alpha value is -3.19. The van der Waals surface area contributed by atoms with E-state index in [1.807, 2.05) is 24.3 Å². The maximum absolute atomic E-state index is 12.9. The van der Waals surface area contributed by atoms with Crippen LogP contribution in [0.5, 0.6) is 0 Å². The third kappa shape index (κ3) is 3.86. The number of ether oxygens (including phenoxy) is 1. The minimum absolute atomic E-state index is 0.0280. The molecule has 0 saturated heterocycles. The molecule has 0 fully saturated rings. The number of para-hydroxylation sites is 1. The summed E-state index contributed by atoms with van der Waals surface area (Å²) in [5.41, 5.74) is 0.435. The number of benzene rings is 2. The first-order valence-electron chi connectivity index (χ1n) is 9.62. The molecule has 3 N–H and O–H groups in total. The van der Waals surface area contributed by atoms with Crippen LogP contribution in [-0.2, 0) is 19.1 Å². The normalized spacial score (nSPS) is 17.1. The highest BCUT2D eigenvalue weighted by Crippen LogP contribution is 2.37. The predicted molar refractivity (Wildman–Crippen MR) is 108 cm³/mol. The molecule has 2 atom stereocenters. The second-order valence-electron chi connectivity index (χ2n) is 6.86. The van der Waals surface area contributed by atoms with Crippen LogP contribution in [0.1, 0.15) is 38.3 Å². The summed E-state index contributed by atoms with van der Waals surface area (Å²) in [7, 11) is 0. The second-order valence-corrected chi connectivity index (χ2v) is 6.86. The first-order chi connectivity index (χ1) is 13.9. The van der Waals surface area contributed by atoms with Gasteiger partial charge in [0.2, 0.25) is 5.60 Å². The molecule has 1 aliphatic rings. The maximum Gasteiger partial charge on any atom is 0.348 e. The Morgan fingerprint density at radius 2 is 1.76 bits per heavy atom. The molecule has 0 spiro atoms. The van der Waals surface area contributed by atoms with E-state index < -0.39 is 29.4 Å². The number of esters is 1. The fourth-order valence-corrected chi connectivity index (χ4v) is 3.48. The topological polar surface area (TPSA) is 105 Å². The van der Waals surface area contributed by atoms with E-state index in [1.165, 1.54) is 0 Å². The molecule has 0 saturated carbocycles. The molecule has 1 aliphatic heterocycles. The van der Waals surface area contributed by atoms with Crippen molar-refractivity contribution >= 4 is 23.5 Å². The maximum atomic E-state index is 12.9. The van der Waals surface area contributed by atoms with Crippen molar-refractivity contribution in [2.45, 2.75) is 38.3 Å². The van der Waals surface area contributed by atoms with Gasteiger partial charge in [0.25, 0.3) is 11.8 Å². The smallest absolute Gasteiger partial charge is 0.348 e. The largest absolute Gasteiger partial charge is 0.463 e. The number of carbonyl (C=O) groups excluding carboxylic acids is 3. The lowest BCUT2D eigenvalue weighted by atomic mass is 9.93. The molecule has 2 amide bonds. The summed E-state index contributed by atoms with van der Waals surface area (Å²) >= 11 is 0. The predicted octanol–water partition coefficient (Wildman–Crippen LogP) is 2.56. The van der Waals surface area contributed by atoms with Crippen molar-refractivity contribution in [3.05, 3.63) is 54.1 Å². The molecule has 1 heterocycles. The third-order valence-electron chi connectivity index (χ3n) is 4.89. The van der Waals surface area contributed by atoms with E-state index in [0.717, 1.165) is 11.1 Å². The van der Waals surface area contributed by atoms with Crippen LogP contribution in [0.2, 0.25) is 0 Å². The van der Waals surface area contributed by atoms with E-state index in [2.05, 4.69) is 10.6 Å². The minimum Gasteiger partial charge on any atom is -0.463 e. The number of nitrogens with one attached hydrogen (secondary N) is 2. The van der Waals surface area contributed by atoms with Crippen molar-refractivity contribution in [2.24, 2.45) is 0 Å². The summed E-state index contributed by atoms with van der Waals surface area (Å²) in [4.78, 5) is 38.1. The molecule has 0 bridgehead atoms. The van der Waals surface area contributed by atoms with Crippen molar-refractivity contribution in [1.29, 1.82) is 0 Å². The van der Waals surface area contributed by atoms with Gasteiger partial charge in [-0.1, -0.05) is 55.8 Å². The molecule has 0 radical (unpaired) electrons. The zero-order valence-electron chi connectivity index (χ0n) is 16.4. The highest BCUT2D eigenvalue weighted by atomic mass is 16.5. The van der Waals surface area contributed by atoms with Crippen molar-refractivity contribution in [3.63, 3.8) is 0 Å². The monoisotopic (exact) mass is 396 g/mol. The number of fused-ring (bicyclic) bond motifs is 3. The van der Waals surface area contributed by atoms with E-state index in [4.69, 9.17) is 4.74 Å². The Bertz CT molecular complexity index is 942. The number of hydrogen-bond acceptors (Lipinski definition) is 5. The zero-order valence-corrected chi connectivity index (χ0v) is 16.4. The quantitative estimate of drug-likeness (QED) is 0.514. The van der Waals surface area contributed by atoms with Gasteiger partial charge in [-0.3, -0.25) is 9.59 Å². The molecular weight excluding hydrogens is 372 g/mol. The summed E-state index contributed by atoms with van der Waals surface area (Å²) in [6, 6.07) is 13.5. The average molecular weight is 396 g/mol. The van der Waals surface area contributed by atoms with Crippen LogP contribution in [-0.4, -0.2) is 35.1 Å². The summed E-state index contributed by atoms with van der Waals surface area (Å²) < 4.78 is 4.89. The Labute approximate surface area is 169 Å². The molecule has 0 unspecified atom stereocenters. The SMILES string of the molecule is CCC[C@](O)(C(=O)N[C@@H]1C(=O)Nc2ccccc2-c2ccccc21)C(=O)OCC. The van der Waals surface area contributed by atoms with Gasteiger partial charge in [-0.2, -0.15) is 0 Å². The number of aliphatic hydroxyl groups is 1. The van der Waals surface area contributed by atoms with Crippen molar-refractivity contribution in [2.75, 3.05) is 11.9 Å². The minimum atomic E-state index is -2.36. The van der Waals surface area contributed by atoms with Crippen molar-refractivity contribution in [3.8, 4) is 11.1 Å². The average Bonchev–Trinajstić information content (AvgIpc) is 2.83. The molecular formula is C22H24N2O5. The summed E-state index contributed by atoms with van der Waals surface area (Å²) in [5, 5.41) is 16.1. The lowest BCUT2D eigenvalue weighted by molar-refractivity contribution is -0.172. The zero-order chi connectivity index (χ0) is 21.0. The molecule has 7 heteroatoms. The number of hydrogen-bond donors (Lipinski definition) is 3. The Balaban J connectivity index is 1.99. The fourth-order valence-electron chi connectivity index (χ4n) is 3.48. The highest BCUT2D eigenvalue weighted by molar-refractivity contribution is 6.09. The van der Waals surface area contributed by atoms with E-state index in [1.54, 1.807) is 38.1 Å². The number of amides is 2. The van der Waals surface area contributed by atoms with Gasteiger partial charge in [-0.25, -0.2) is 4.79 Å². The third-order valence-corrected chi connectivity index (χ3v) is 4.89. The van der Waals surface area contributed by atoms with Crippen LogP contribution < -0.4 is 10.6 Å². The molecule has 2 aromatic rings. The molecule has 3 rings (SSSR count). The molecule has 152 valence electrons. The van der Waals surface area contributed by atoms with Crippen LogP contribution in [0.3, 0.4) is 0 Å². The molecule has 0 aliphatic carbocycles. The van der Waals surface area contributed by atoms with Gasteiger partial charge < -0.3 is 20.5 Å². The molecule has 7 nitrogen and oxygen atoms in total. The number of rotatable bonds is 6. The molecule has 2 aromatic carbocycles. The van der Waals surface area contributed by atoms with Crippen LogP contribution in [0.4, 0.5) is 5.69 Å². The van der Waals surface area contributed by atoms with E-state index in [0.29, 0.717) is 17.7 Å². The summed E-state index contributed by atoms with van der Waals surface area (Å²) in [6.07, 6.45) is 0.259. The van der Waals surface area contributed by atoms with Gasteiger partial charge in [0, 0.05) is 11.3 Å². The second kappa shape index (κ2) is 8.45. The Morgan fingerprint density at radius 1 is 1.10 bits per heavy atom. The van der Waals surface area contributed by atoms with E-state index >= 15 is 0 Å². The van der Waals surface area contributed by atoms with Gasteiger partial charge >= 0.3 is 5.97 Å². The van der Waals surface area contributed by atoms with Crippen LogP contribution >= 0.6 is 0 Å². The number of anilines is 1. The van der Waals surface area contributed by atoms with E-state index in [-0.39, 0.29) is 13.0 Å². The van der Waals surface area contributed by atoms with Crippen LogP contribution in [0.25, 0.3) is 11.1 Å². The van der Waals surface area contributed by atoms with Gasteiger partial charge in [0.1, 0.15) is 6.04 Å². The summed E-state index contributed by atoms with van der Waals surface area (Å²) in [6.45, 7) is 3.36. The van der Waals surface area contributed by atoms with Crippen molar-refractivity contribution in [1.82, 2.24) is 5.32 Å². The Kier molecular flexibility index (Phi) is 5.98. The highest BCUT2D eigenvalue weighted by Gasteiger charge is 2.46. The first-order valence-corrected chi connectivity index (χ1v) is 9.62. The van der Waals surface area contributed by atoms with Gasteiger partial charge in [-0.15, -0.1) is 0 Å². The van der Waals surface area contributed by atoms with Crippen molar-refractivity contribution < 1.29 is 24.2 Å². The van der Waals surface area contributed by atoms with Gasteiger partial charge in [0.05, 0.1) is 6.61 Å². The fraction of sp³-hybridized carbons (Fsp3) is 0.318. The van der Waals surface area contributed by atoms with Crippen LogP contribution in [0, 0.1) is 0 Å². The van der Waals surface area contributed by atoms with E-state index in [9.17, 15) is 19.5 Å². The van der Waals surface area contributed by atoms with Gasteiger partial charge in [-0.05, 0) is 30.5 Å². The molecule has 0 aromatic heterocycles.